The zero-order valence-electron chi connectivity index (χ0n) is 12.3. The van der Waals surface area contributed by atoms with Crippen LogP contribution in [-0.4, -0.2) is 14.2 Å². The van der Waals surface area contributed by atoms with Gasteiger partial charge >= 0.3 is 0 Å². The van der Waals surface area contributed by atoms with Crippen LogP contribution in [0.25, 0.3) is 22.5 Å². The second-order valence-corrected chi connectivity index (χ2v) is 5.60. The van der Waals surface area contributed by atoms with E-state index in [9.17, 15) is 20.2 Å². The molecule has 0 fully saturated rings. The lowest BCUT2D eigenvalue weighted by molar-refractivity contribution is -0.385. The largest absolute Gasteiger partial charge is 0.325 e. The average molecular weight is 341 g/mol. The first kappa shape index (κ1) is 15.8. The molecule has 8 heteroatoms. The van der Waals surface area contributed by atoms with Gasteiger partial charge in [-0.3, -0.25) is 20.2 Å². The molecule has 24 heavy (non-hydrogen) atoms. The quantitative estimate of drug-likeness (QED) is 0.402. The molecule has 1 unspecified atom stereocenters. The van der Waals surface area contributed by atoms with Crippen molar-refractivity contribution in [2.24, 2.45) is 0 Å². The predicted octanol–water partition coefficient (Wildman–Crippen LogP) is 4.28. The van der Waals surface area contributed by atoms with E-state index in [1.807, 2.05) is 16.5 Å². The lowest BCUT2D eigenvalue weighted by Crippen LogP contribution is -1.91. The highest BCUT2D eigenvalue weighted by molar-refractivity contribution is 7.15. The van der Waals surface area contributed by atoms with E-state index in [1.165, 1.54) is 24.3 Å². The maximum Gasteiger partial charge on any atom is 0.269 e. The highest BCUT2D eigenvalue weighted by atomic mass is 31.0. The first-order valence-electron chi connectivity index (χ1n) is 6.94. The molecule has 1 aromatic heterocycles. The summed E-state index contributed by atoms with van der Waals surface area (Å²) in [5.41, 5.74) is 3.48. The molecule has 0 aliphatic heterocycles. The van der Waals surface area contributed by atoms with E-state index in [0.717, 1.165) is 22.5 Å². The molecular formula is C16H12N3O4P. The fraction of sp³-hybridized carbons (Fsp3) is 0. The SMILES string of the molecule is O=[N+]([O-])c1ccc(-c2ccc(-c3ccc([N+](=O)[O-])cc3)n2P)cc1. The third-order valence-corrected chi connectivity index (χ3v) is 4.22. The second kappa shape index (κ2) is 6.22. The Morgan fingerprint density at radius 3 is 1.29 bits per heavy atom. The van der Waals surface area contributed by atoms with Crippen LogP contribution in [0, 0.1) is 20.2 Å². The summed E-state index contributed by atoms with van der Waals surface area (Å²) < 4.78 is 1.86. The number of benzene rings is 2. The van der Waals surface area contributed by atoms with Gasteiger partial charge in [0.05, 0.1) is 21.2 Å². The molecule has 1 atom stereocenters. The molecule has 0 radical (unpaired) electrons. The van der Waals surface area contributed by atoms with Crippen molar-refractivity contribution in [3.63, 3.8) is 0 Å². The Labute approximate surface area is 139 Å². The van der Waals surface area contributed by atoms with E-state index in [4.69, 9.17) is 0 Å². The zero-order chi connectivity index (χ0) is 17.3. The molecule has 3 rings (SSSR count). The van der Waals surface area contributed by atoms with E-state index in [2.05, 4.69) is 9.39 Å². The monoisotopic (exact) mass is 341 g/mol. The summed E-state index contributed by atoms with van der Waals surface area (Å²) in [6.07, 6.45) is 0. The minimum absolute atomic E-state index is 0.0382. The molecule has 0 aliphatic carbocycles. The molecule has 0 saturated carbocycles. The van der Waals surface area contributed by atoms with Gasteiger partial charge in [0.1, 0.15) is 0 Å². The molecule has 3 aromatic rings. The fourth-order valence-electron chi connectivity index (χ4n) is 2.43. The first-order chi connectivity index (χ1) is 11.5. The van der Waals surface area contributed by atoms with Crippen molar-refractivity contribution in [1.82, 2.24) is 4.34 Å². The van der Waals surface area contributed by atoms with Gasteiger partial charge in [-0.1, -0.05) is 0 Å². The Hall–Kier alpha value is -3.05. The highest BCUT2D eigenvalue weighted by Crippen LogP contribution is 2.32. The minimum atomic E-state index is -0.439. The van der Waals surface area contributed by atoms with Crippen LogP contribution in [0.1, 0.15) is 0 Å². The topological polar surface area (TPSA) is 91.2 Å². The fourth-order valence-corrected chi connectivity index (χ4v) is 2.90. The zero-order valence-corrected chi connectivity index (χ0v) is 13.5. The van der Waals surface area contributed by atoms with Gasteiger partial charge in [0.2, 0.25) is 0 Å². The van der Waals surface area contributed by atoms with E-state index in [0.29, 0.717) is 0 Å². The van der Waals surface area contributed by atoms with Crippen molar-refractivity contribution < 1.29 is 9.85 Å². The van der Waals surface area contributed by atoms with Crippen LogP contribution < -0.4 is 0 Å². The van der Waals surface area contributed by atoms with Gasteiger partial charge in [-0.15, -0.1) is 0 Å². The van der Waals surface area contributed by atoms with Crippen molar-refractivity contribution in [3.05, 3.63) is 80.9 Å². The summed E-state index contributed by atoms with van der Waals surface area (Å²) in [7, 11) is 2.59. The standard InChI is InChI=1S/C16H12N3O4P/c20-18(21)13-5-1-11(2-6-13)15-9-10-16(17(15)24)12-3-7-14(8-4-12)19(22)23/h1-10H,24H2. The van der Waals surface area contributed by atoms with E-state index in [1.54, 1.807) is 24.3 Å². The summed E-state index contributed by atoms with van der Waals surface area (Å²) in [4.78, 5) is 20.6. The van der Waals surface area contributed by atoms with Crippen LogP contribution in [0.15, 0.2) is 60.7 Å². The number of nitro groups is 2. The summed E-state index contributed by atoms with van der Waals surface area (Å²) in [5, 5.41) is 21.5. The number of nitro benzene ring substituents is 2. The van der Waals surface area contributed by atoms with Crippen molar-refractivity contribution in [3.8, 4) is 22.5 Å². The van der Waals surface area contributed by atoms with Crippen molar-refractivity contribution in [1.29, 1.82) is 0 Å². The minimum Gasteiger partial charge on any atom is -0.325 e. The van der Waals surface area contributed by atoms with Crippen LogP contribution in [-0.2, 0) is 0 Å². The third kappa shape index (κ3) is 2.89. The van der Waals surface area contributed by atoms with Gasteiger partial charge in [0.25, 0.3) is 11.4 Å². The Kier molecular flexibility index (Phi) is 4.10. The Bertz CT molecular complexity index is 843. The Balaban J connectivity index is 1.96. The summed E-state index contributed by atoms with van der Waals surface area (Å²) in [5.74, 6) is 0. The number of hydrogen-bond acceptors (Lipinski definition) is 4. The van der Waals surface area contributed by atoms with Crippen molar-refractivity contribution in [2.75, 3.05) is 0 Å². The lowest BCUT2D eigenvalue weighted by Gasteiger charge is -2.08. The van der Waals surface area contributed by atoms with Gasteiger partial charge in [-0.25, -0.2) is 0 Å². The van der Waals surface area contributed by atoms with Crippen LogP contribution in [0.5, 0.6) is 0 Å². The van der Waals surface area contributed by atoms with Gasteiger partial charge in [-0.2, -0.15) is 0 Å². The molecule has 7 nitrogen and oxygen atoms in total. The molecule has 0 aliphatic rings. The highest BCUT2D eigenvalue weighted by Gasteiger charge is 2.12. The predicted molar refractivity (Wildman–Crippen MR) is 93.7 cm³/mol. The van der Waals surface area contributed by atoms with Gasteiger partial charge in [0.15, 0.2) is 0 Å². The van der Waals surface area contributed by atoms with Gasteiger partial charge in [-0.05, 0) is 56.9 Å². The maximum absolute atomic E-state index is 10.7. The van der Waals surface area contributed by atoms with E-state index < -0.39 is 9.85 Å². The maximum atomic E-state index is 10.7. The number of hydrogen-bond donors (Lipinski definition) is 0. The van der Waals surface area contributed by atoms with E-state index >= 15 is 0 Å². The van der Waals surface area contributed by atoms with Crippen LogP contribution in [0.3, 0.4) is 0 Å². The van der Waals surface area contributed by atoms with E-state index in [-0.39, 0.29) is 11.4 Å². The number of aromatic nitrogens is 1. The normalized spacial score (nSPS) is 10.5. The number of rotatable bonds is 4. The van der Waals surface area contributed by atoms with Gasteiger partial charge in [0, 0.05) is 24.3 Å². The van der Waals surface area contributed by atoms with Crippen molar-refractivity contribution >= 4 is 20.8 Å². The lowest BCUT2D eigenvalue weighted by atomic mass is 10.1. The Morgan fingerprint density at radius 2 is 1.00 bits per heavy atom. The van der Waals surface area contributed by atoms with Crippen LogP contribution in [0.2, 0.25) is 0 Å². The first-order valence-corrected chi connectivity index (χ1v) is 7.45. The summed E-state index contributed by atoms with van der Waals surface area (Å²) >= 11 is 0. The average Bonchev–Trinajstić information content (AvgIpc) is 2.96. The molecule has 0 saturated heterocycles. The number of non-ortho nitro benzene ring substituents is 2. The van der Waals surface area contributed by atoms with Crippen LogP contribution >= 0.6 is 9.39 Å². The number of nitrogens with zero attached hydrogens (tertiary/aromatic N) is 3. The smallest absolute Gasteiger partial charge is 0.269 e. The van der Waals surface area contributed by atoms with Crippen molar-refractivity contribution in [2.45, 2.75) is 0 Å². The Morgan fingerprint density at radius 1 is 0.667 bits per heavy atom. The molecule has 0 spiro atoms. The molecular weight excluding hydrogens is 329 g/mol. The molecule has 1 heterocycles. The van der Waals surface area contributed by atoms with Gasteiger partial charge < -0.3 is 4.34 Å². The molecule has 2 aromatic carbocycles. The third-order valence-electron chi connectivity index (χ3n) is 3.67. The molecule has 120 valence electrons. The second-order valence-electron chi connectivity index (χ2n) is 5.08. The molecule has 0 N–H and O–H groups in total. The molecule has 0 amide bonds. The summed E-state index contributed by atoms with van der Waals surface area (Å²) in [6.45, 7) is 0. The summed E-state index contributed by atoms with van der Waals surface area (Å²) in [6, 6.07) is 16.4. The molecule has 0 bridgehead atoms. The van der Waals surface area contributed by atoms with Crippen LogP contribution in [0.4, 0.5) is 11.4 Å².